The molecule has 2 aromatic rings. The maximum atomic E-state index is 12.4. The second-order valence-electron chi connectivity index (χ2n) is 3.75. The summed E-state index contributed by atoms with van der Waals surface area (Å²) in [6, 6.07) is 7.15. The number of ether oxygens (including phenoxy) is 1. The summed E-state index contributed by atoms with van der Waals surface area (Å²) >= 11 is 3.33. The quantitative estimate of drug-likeness (QED) is 0.816. The zero-order valence-corrected chi connectivity index (χ0v) is 11.8. The van der Waals surface area contributed by atoms with Gasteiger partial charge in [-0.25, -0.2) is 0 Å². The van der Waals surface area contributed by atoms with Gasteiger partial charge in [-0.3, -0.25) is 9.48 Å². The van der Waals surface area contributed by atoms with Gasteiger partial charge in [-0.05, 0) is 35.0 Å². The highest BCUT2D eigenvalue weighted by Gasteiger charge is 2.17. The van der Waals surface area contributed by atoms with Crippen molar-refractivity contribution < 1.29 is 9.53 Å². The highest BCUT2D eigenvalue weighted by molar-refractivity contribution is 9.10. The minimum absolute atomic E-state index is 0.0802. The van der Waals surface area contributed by atoms with E-state index in [1.165, 1.54) is 0 Å². The average molecular weight is 309 g/mol. The maximum absolute atomic E-state index is 12.4. The molecule has 0 bridgehead atoms. The second kappa shape index (κ2) is 5.35. The Morgan fingerprint density at radius 3 is 2.89 bits per heavy atom. The summed E-state index contributed by atoms with van der Waals surface area (Å²) in [7, 11) is 1.74. The summed E-state index contributed by atoms with van der Waals surface area (Å²) in [6.45, 7) is 2.49. The van der Waals surface area contributed by atoms with Crippen LogP contribution in [0.15, 0.2) is 34.9 Å². The van der Waals surface area contributed by atoms with Crippen molar-refractivity contribution in [2.24, 2.45) is 7.05 Å². The van der Waals surface area contributed by atoms with E-state index >= 15 is 0 Å². The van der Waals surface area contributed by atoms with E-state index in [0.29, 0.717) is 28.1 Å². The van der Waals surface area contributed by atoms with Gasteiger partial charge in [0.15, 0.2) is 0 Å². The van der Waals surface area contributed by atoms with Crippen molar-refractivity contribution in [2.45, 2.75) is 6.92 Å². The molecule has 0 saturated carbocycles. The molecule has 18 heavy (non-hydrogen) atoms. The summed E-state index contributed by atoms with van der Waals surface area (Å²) in [5.41, 5.74) is 1.12. The lowest BCUT2D eigenvalue weighted by Gasteiger charge is -2.06. The molecule has 0 aliphatic rings. The van der Waals surface area contributed by atoms with Crippen LogP contribution in [0, 0.1) is 0 Å². The minimum Gasteiger partial charge on any atom is -0.494 e. The lowest BCUT2D eigenvalue weighted by molar-refractivity contribution is 0.102. The normalized spacial score (nSPS) is 10.4. The predicted molar refractivity (Wildman–Crippen MR) is 72.0 cm³/mol. The van der Waals surface area contributed by atoms with Crippen LogP contribution in [0.2, 0.25) is 0 Å². The first kappa shape index (κ1) is 12.8. The van der Waals surface area contributed by atoms with Crippen LogP contribution in [-0.2, 0) is 7.05 Å². The van der Waals surface area contributed by atoms with Crippen LogP contribution in [0.25, 0.3) is 0 Å². The van der Waals surface area contributed by atoms with Gasteiger partial charge in [0.05, 0.1) is 17.3 Å². The highest BCUT2D eigenvalue weighted by atomic mass is 79.9. The van der Waals surface area contributed by atoms with Crippen molar-refractivity contribution in [3.8, 4) is 5.75 Å². The van der Waals surface area contributed by atoms with E-state index < -0.39 is 0 Å². The van der Waals surface area contributed by atoms with Gasteiger partial charge in [-0.2, -0.15) is 5.10 Å². The first-order valence-corrected chi connectivity index (χ1v) is 6.38. The van der Waals surface area contributed by atoms with Gasteiger partial charge in [-0.15, -0.1) is 0 Å². The molecule has 0 saturated heterocycles. The van der Waals surface area contributed by atoms with Gasteiger partial charge in [0, 0.05) is 12.6 Å². The monoisotopic (exact) mass is 308 g/mol. The van der Waals surface area contributed by atoms with Gasteiger partial charge in [-0.1, -0.05) is 12.1 Å². The van der Waals surface area contributed by atoms with Crippen molar-refractivity contribution >= 4 is 21.7 Å². The smallest absolute Gasteiger partial charge is 0.212 e. The van der Waals surface area contributed by atoms with Gasteiger partial charge in [0.2, 0.25) is 5.78 Å². The topological polar surface area (TPSA) is 44.1 Å². The number of carbonyl (C=O) groups excluding carboxylic acids is 1. The first-order valence-electron chi connectivity index (χ1n) is 5.58. The van der Waals surface area contributed by atoms with E-state index in [1.54, 1.807) is 30.1 Å². The number of halogens is 1. The van der Waals surface area contributed by atoms with E-state index in [9.17, 15) is 4.79 Å². The standard InChI is InChI=1S/C13H13BrN2O2/c1-3-18-10-6-4-5-9(7-10)13(17)12-11(14)8-15-16(12)2/h4-8H,3H2,1-2H3. The molecular formula is C13H13BrN2O2. The molecule has 0 aliphatic carbocycles. The molecule has 2 rings (SSSR count). The van der Waals surface area contributed by atoms with Crippen molar-refractivity contribution in [2.75, 3.05) is 6.61 Å². The Morgan fingerprint density at radius 2 is 2.28 bits per heavy atom. The molecule has 0 fully saturated rings. The van der Waals surface area contributed by atoms with E-state index in [4.69, 9.17) is 4.74 Å². The summed E-state index contributed by atoms with van der Waals surface area (Å²) in [5.74, 6) is 0.616. The van der Waals surface area contributed by atoms with Crippen molar-refractivity contribution in [3.05, 3.63) is 46.2 Å². The van der Waals surface area contributed by atoms with E-state index in [-0.39, 0.29) is 5.78 Å². The van der Waals surface area contributed by atoms with Crippen LogP contribution >= 0.6 is 15.9 Å². The third kappa shape index (κ3) is 2.46. The Hall–Kier alpha value is -1.62. The molecule has 0 amide bonds. The Morgan fingerprint density at radius 1 is 1.50 bits per heavy atom. The van der Waals surface area contributed by atoms with Gasteiger partial charge < -0.3 is 4.74 Å². The van der Waals surface area contributed by atoms with Crippen LogP contribution in [0.1, 0.15) is 23.0 Å². The SMILES string of the molecule is CCOc1cccc(C(=O)c2c(Br)cnn2C)c1. The third-order valence-electron chi connectivity index (χ3n) is 2.52. The Balaban J connectivity index is 2.37. The zero-order valence-electron chi connectivity index (χ0n) is 10.2. The molecule has 5 heteroatoms. The molecule has 94 valence electrons. The molecule has 1 aromatic carbocycles. The Kier molecular flexibility index (Phi) is 3.81. The molecule has 1 heterocycles. The fourth-order valence-electron chi connectivity index (χ4n) is 1.70. The summed E-state index contributed by atoms with van der Waals surface area (Å²) in [6.07, 6.45) is 1.61. The number of carbonyl (C=O) groups is 1. The van der Waals surface area contributed by atoms with Gasteiger partial charge in [0.25, 0.3) is 0 Å². The highest BCUT2D eigenvalue weighted by Crippen LogP contribution is 2.21. The molecule has 0 N–H and O–H groups in total. The summed E-state index contributed by atoms with van der Waals surface area (Å²) in [5, 5.41) is 4.04. The number of aromatic nitrogens is 2. The summed E-state index contributed by atoms with van der Waals surface area (Å²) in [4.78, 5) is 12.4. The van der Waals surface area contributed by atoms with Gasteiger partial charge >= 0.3 is 0 Å². The molecule has 1 aromatic heterocycles. The van der Waals surface area contributed by atoms with E-state index in [1.807, 2.05) is 19.1 Å². The third-order valence-corrected chi connectivity index (χ3v) is 3.10. The number of nitrogens with zero attached hydrogens (tertiary/aromatic N) is 2. The van der Waals surface area contributed by atoms with Crippen LogP contribution < -0.4 is 4.74 Å². The lowest BCUT2D eigenvalue weighted by Crippen LogP contribution is -2.09. The fraction of sp³-hybridized carbons (Fsp3) is 0.231. The van der Waals surface area contributed by atoms with Crippen LogP contribution in [0.4, 0.5) is 0 Å². The molecule has 0 atom stereocenters. The second-order valence-corrected chi connectivity index (χ2v) is 4.61. The van der Waals surface area contributed by atoms with Crippen molar-refractivity contribution in [1.29, 1.82) is 0 Å². The maximum Gasteiger partial charge on any atom is 0.212 e. The van der Waals surface area contributed by atoms with Crippen LogP contribution in [0.3, 0.4) is 0 Å². The number of aryl methyl sites for hydroxylation is 1. The Labute approximate surface area is 114 Å². The zero-order chi connectivity index (χ0) is 13.1. The van der Waals surface area contributed by atoms with Crippen molar-refractivity contribution in [3.63, 3.8) is 0 Å². The van der Waals surface area contributed by atoms with Crippen LogP contribution in [0.5, 0.6) is 5.75 Å². The molecular weight excluding hydrogens is 296 g/mol. The number of hydrogen-bond donors (Lipinski definition) is 0. The average Bonchev–Trinajstić information content (AvgIpc) is 2.69. The summed E-state index contributed by atoms with van der Waals surface area (Å²) < 4.78 is 7.63. The molecule has 0 radical (unpaired) electrons. The first-order chi connectivity index (χ1) is 8.63. The predicted octanol–water partition coefficient (Wildman–Crippen LogP) is 2.81. The number of benzene rings is 1. The Bertz CT molecular complexity index is 559. The largest absolute Gasteiger partial charge is 0.494 e. The molecule has 0 aliphatic heterocycles. The molecule has 0 spiro atoms. The van der Waals surface area contributed by atoms with E-state index in [0.717, 1.165) is 0 Å². The number of rotatable bonds is 4. The lowest BCUT2D eigenvalue weighted by atomic mass is 10.1. The van der Waals surface area contributed by atoms with Crippen LogP contribution in [-0.4, -0.2) is 22.2 Å². The van der Waals surface area contributed by atoms with E-state index in [2.05, 4.69) is 21.0 Å². The molecule has 4 nitrogen and oxygen atoms in total. The van der Waals surface area contributed by atoms with Crippen molar-refractivity contribution in [1.82, 2.24) is 9.78 Å². The molecule has 0 unspecified atom stereocenters. The fourth-order valence-corrected chi connectivity index (χ4v) is 2.22. The van der Waals surface area contributed by atoms with Gasteiger partial charge in [0.1, 0.15) is 11.4 Å². The number of ketones is 1. The number of hydrogen-bond acceptors (Lipinski definition) is 3. The minimum atomic E-state index is -0.0802.